The number of rotatable bonds is 7. The second-order valence-corrected chi connectivity index (χ2v) is 7.81. The van der Waals surface area contributed by atoms with E-state index in [4.69, 9.17) is 4.74 Å². The van der Waals surface area contributed by atoms with Crippen LogP contribution in [-0.2, 0) is 16.1 Å². The zero-order chi connectivity index (χ0) is 20.2. The van der Waals surface area contributed by atoms with E-state index in [1.165, 1.54) is 14.0 Å². The second kappa shape index (κ2) is 8.50. The molecule has 0 saturated carbocycles. The molecule has 0 radical (unpaired) electrons. The number of benzene rings is 1. The molecule has 0 aliphatic carbocycles. The van der Waals surface area contributed by atoms with Crippen LogP contribution in [0.5, 0.6) is 0 Å². The fourth-order valence-corrected chi connectivity index (χ4v) is 2.93. The smallest absolute Gasteiger partial charge is 0.328 e. The number of fused-ring (bicyclic) bond motifs is 1. The normalized spacial score (nSPS) is 14.0. The van der Waals surface area contributed by atoms with Gasteiger partial charge in [-0.25, -0.2) is 9.18 Å². The van der Waals surface area contributed by atoms with Crippen LogP contribution in [0.25, 0.3) is 10.9 Å². The minimum Gasteiger partial charge on any atom is -0.467 e. The molecule has 148 valence electrons. The van der Waals surface area contributed by atoms with Gasteiger partial charge in [-0.2, -0.15) is 5.10 Å². The molecule has 1 N–H and O–H groups in total. The van der Waals surface area contributed by atoms with Crippen LogP contribution in [0.4, 0.5) is 4.39 Å². The van der Waals surface area contributed by atoms with Gasteiger partial charge in [0.2, 0.25) is 0 Å². The van der Waals surface area contributed by atoms with Crippen LogP contribution in [-0.4, -0.2) is 41.0 Å². The Morgan fingerprint density at radius 2 is 1.96 bits per heavy atom. The van der Waals surface area contributed by atoms with E-state index in [2.05, 4.69) is 10.4 Å². The number of aryl methyl sites for hydroxylation is 1. The van der Waals surface area contributed by atoms with Crippen LogP contribution in [0.2, 0.25) is 0 Å². The molecule has 6 nitrogen and oxygen atoms in total. The maximum Gasteiger partial charge on any atom is 0.328 e. The molecule has 27 heavy (non-hydrogen) atoms. The van der Waals surface area contributed by atoms with E-state index in [0.717, 1.165) is 5.52 Å². The molecule has 0 fully saturated rings. The average molecular weight is 377 g/mol. The van der Waals surface area contributed by atoms with Crippen molar-refractivity contribution in [3.8, 4) is 0 Å². The summed E-state index contributed by atoms with van der Waals surface area (Å²) in [7, 11) is 1.29. The third-order valence-corrected chi connectivity index (χ3v) is 4.42. The average Bonchev–Trinajstić information content (AvgIpc) is 2.96. The number of carbonyl (C=O) groups is 2. The van der Waals surface area contributed by atoms with E-state index in [0.29, 0.717) is 24.8 Å². The van der Waals surface area contributed by atoms with Crippen LogP contribution in [0.15, 0.2) is 24.3 Å². The van der Waals surface area contributed by atoms with Crippen LogP contribution in [0, 0.1) is 5.41 Å². The molecule has 1 heterocycles. The lowest BCUT2D eigenvalue weighted by Crippen LogP contribution is -2.49. The van der Waals surface area contributed by atoms with Crippen molar-refractivity contribution in [2.75, 3.05) is 7.11 Å². The number of esters is 1. The van der Waals surface area contributed by atoms with Crippen molar-refractivity contribution in [1.29, 1.82) is 0 Å². The molecular formula is C20H28FN3O3. The van der Waals surface area contributed by atoms with E-state index in [1.807, 2.05) is 45.0 Å². The maximum atomic E-state index is 13.1. The number of ether oxygens (including phenoxy) is 1. The van der Waals surface area contributed by atoms with Crippen molar-refractivity contribution in [3.05, 3.63) is 30.0 Å². The third kappa shape index (κ3) is 5.05. The molecule has 0 bridgehead atoms. The summed E-state index contributed by atoms with van der Waals surface area (Å²) in [5.74, 6) is -0.939. The number of carbonyl (C=O) groups excluding carboxylic acids is 2. The third-order valence-electron chi connectivity index (χ3n) is 4.42. The predicted molar refractivity (Wildman–Crippen MR) is 102 cm³/mol. The first-order valence-electron chi connectivity index (χ1n) is 9.13. The lowest BCUT2D eigenvalue weighted by atomic mass is 9.86. The molecule has 0 spiro atoms. The summed E-state index contributed by atoms with van der Waals surface area (Å²) in [5.41, 5.74) is 0.537. The molecular weight excluding hydrogens is 349 g/mol. The zero-order valence-corrected chi connectivity index (χ0v) is 16.6. The molecule has 0 aliphatic heterocycles. The molecule has 0 saturated heterocycles. The Labute approximate surface area is 159 Å². The van der Waals surface area contributed by atoms with Gasteiger partial charge in [-0.05, 0) is 31.2 Å². The summed E-state index contributed by atoms with van der Waals surface area (Å²) >= 11 is 0. The van der Waals surface area contributed by atoms with Gasteiger partial charge in [0.05, 0.1) is 18.8 Å². The van der Waals surface area contributed by atoms with E-state index in [1.54, 1.807) is 4.68 Å². The van der Waals surface area contributed by atoms with Crippen LogP contribution < -0.4 is 5.32 Å². The summed E-state index contributed by atoms with van der Waals surface area (Å²) in [6, 6.07) is 6.59. The Morgan fingerprint density at radius 3 is 2.56 bits per heavy atom. The van der Waals surface area contributed by atoms with Gasteiger partial charge in [0.1, 0.15) is 6.04 Å². The topological polar surface area (TPSA) is 73.2 Å². The minimum atomic E-state index is -0.873. The van der Waals surface area contributed by atoms with Gasteiger partial charge in [0, 0.05) is 11.9 Å². The number of methoxy groups -OCH3 is 1. The summed E-state index contributed by atoms with van der Waals surface area (Å²) in [4.78, 5) is 25.0. The molecule has 1 aromatic carbocycles. The second-order valence-electron chi connectivity index (χ2n) is 7.81. The standard InChI is InChI=1S/C20H28FN3O3/c1-13(21)9-8-12-24-15-11-7-6-10-14(15)16(23-24)18(25)22-17(19(26)27-5)20(2,3)4/h6-7,10-11,13,17H,8-9,12H2,1-5H3,(H,22,25)/t13?,17-/m1/s1. The van der Waals surface area contributed by atoms with E-state index in [-0.39, 0.29) is 5.69 Å². The number of halogens is 1. The molecule has 1 amide bonds. The number of para-hydroxylation sites is 1. The fourth-order valence-electron chi connectivity index (χ4n) is 2.93. The Balaban J connectivity index is 2.31. The lowest BCUT2D eigenvalue weighted by molar-refractivity contribution is -0.145. The number of alkyl halides is 1. The van der Waals surface area contributed by atoms with Crippen molar-refractivity contribution in [3.63, 3.8) is 0 Å². The highest BCUT2D eigenvalue weighted by molar-refractivity contribution is 6.06. The SMILES string of the molecule is COC(=O)[C@@H](NC(=O)c1nn(CCCC(C)F)c2ccccc12)C(C)(C)C. The van der Waals surface area contributed by atoms with Crippen molar-refractivity contribution >= 4 is 22.8 Å². The van der Waals surface area contributed by atoms with Crippen LogP contribution in [0.3, 0.4) is 0 Å². The van der Waals surface area contributed by atoms with E-state index >= 15 is 0 Å². The van der Waals surface area contributed by atoms with Crippen molar-refractivity contribution < 1.29 is 18.7 Å². The molecule has 1 unspecified atom stereocenters. The van der Waals surface area contributed by atoms with Crippen LogP contribution in [0.1, 0.15) is 51.0 Å². The van der Waals surface area contributed by atoms with Gasteiger partial charge in [-0.1, -0.05) is 39.0 Å². The first-order valence-corrected chi connectivity index (χ1v) is 9.13. The quantitative estimate of drug-likeness (QED) is 0.750. The lowest BCUT2D eigenvalue weighted by Gasteiger charge is -2.28. The summed E-state index contributed by atoms with van der Waals surface area (Å²) in [6.07, 6.45) is 0.184. The minimum absolute atomic E-state index is 0.247. The number of nitrogens with zero attached hydrogens (tertiary/aromatic N) is 2. The van der Waals surface area contributed by atoms with Gasteiger partial charge >= 0.3 is 5.97 Å². The van der Waals surface area contributed by atoms with E-state index < -0.39 is 29.5 Å². The highest BCUT2D eigenvalue weighted by Gasteiger charge is 2.34. The number of hydrogen-bond donors (Lipinski definition) is 1. The Morgan fingerprint density at radius 1 is 1.30 bits per heavy atom. The first kappa shape index (κ1) is 20.9. The highest BCUT2D eigenvalue weighted by atomic mass is 19.1. The molecule has 0 aliphatic rings. The molecule has 1 aromatic heterocycles. The molecule has 2 rings (SSSR count). The van der Waals surface area contributed by atoms with Gasteiger partial charge < -0.3 is 10.1 Å². The largest absolute Gasteiger partial charge is 0.467 e. The van der Waals surface area contributed by atoms with Gasteiger partial charge in [-0.3, -0.25) is 9.48 Å². The Bertz CT molecular complexity index is 808. The molecule has 7 heteroatoms. The van der Waals surface area contributed by atoms with Gasteiger partial charge in [-0.15, -0.1) is 0 Å². The number of aromatic nitrogens is 2. The number of hydrogen-bond acceptors (Lipinski definition) is 4. The first-order chi connectivity index (χ1) is 12.6. The van der Waals surface area contributed by atoms with Gasteiger partial charge in [0.25, 0.3) is 5.91 Å². The van der Waals surface area contributed by atoms with Gasteiger partial charge in [0.15, 0.2) is 5.69 Å². The van der Waals surface area contributed by atoms with Crippen molar-refractivity contribution in [2.24, 2.45) is 5.41 Å². The molecule has 2 aromatic rings. The summed E-state index contributed by atoms with van der Waals surface area (Å²) < 4.78 is 19.6. The highest BCUT2D eigenvalue weighted by Crippen LogP contribution is 2.23. The predicted octanol–water partition coefficient (Wildman–Crippen LogP) is 3.49. The van der Waals surface area contributed by atoms with Crippen LogP contribution >= 0.6 is 0 Å². The van der Waals surface area contributed by atoms with E-state index in [9.17, 15) is 14.0 Å². The summed E-state index contributed by atoms with van der Waals surface area (Å²) in [5, 5.41) is 7.89. The van der Waals surface area contributed by atoms with Crippen molar-refractivity contribution in [2.45, 2.75) is 59.3 Å². The summed E-state index contributed by atoms with van der Waals surface area (Å²) in [6.45, 7) is 7.60. The monoisotopic (exact) mass is 377 g/mol. The number of amides is 1. The zero-order valence-electron chi connectivity index (χ0n) is 16.6. The fraction of sp³-hybridized carbons (Fsp3) is 0.550. The number of nitrogens with one attached hydrogen (secondary N) is 1. The maximum absolute atomic E-state index is 13.1. The van der Waals surface area contributed by atoms with Crippen molar-refractivity contribution in [1.82, 2.24) is 15.1 Å². The molecule has 2 atom stereocenters. The Hall–Kier alpha value is -2.44. The Kier molecular flexibility index (Phi) is 6.57.